The van der Waals surface area contributed by atoms with Crippen LogP contribution in [-0.2, 0) is 0 Å². The van der Waals surface area contributed by atoms with E-state index in [4.69, 9.17) is 11.6 Å². The molecule has 0 unspecified atom stereocenters. The van der Waals surface area contributed by atoms with Crippen molar-refractivity contribution in [3.05, 3.63) is 47.4 Å². The summed E-state index contributed by atoms with van der Waals surface area (Å²) in [5.41, 5.74) is 1.74. The van der Waals surface area contributed by atoms with Crippen LogP contribution in [0.5, 0.6) is 0 Å². The third-order valence-corrected chi connectivity index (χ3v) is 2.99. The third-order valence-electron chi connectivity index (χ3n) is 2.81. The van der Waals surface area contributed by atoms with Crippen LogP contribution < -0.4 is 0 Å². The molecule has 0 saturated carbocycles. The average molecular weight is 278 g/mol. The third kappa shape index (κ3) is 2.15. The van der Waals surface area contributed by atoms with Crippen molar-refractivity contribution in [1.29, 1.82) is 0 Å². The number of nitrogens with zero attached hydrogens (tertiary/aromatic N) is 5. The molecule has 0 aliphatic heterocycles. The second kappa shape index (κ2) is 4.55. The van der Waals surface area contributed by atoms with Crippen molar-refractivity contribution in [2.75, 3.05) is 0 Å². The molecule has 3 aromatic heterocycles. The lowest BCUT2D eigenvalue weighted by Gasteiger charge is -2.12. The molecule has 3 aromatic rings. The fourth-order valence-corrected chi connectivity index (χ4v) is 1.99. The molecule has 0 aliphatic carbocycles. The number of rotatable bonds is 2. The van der Waals surface area contributed by atoms with Crippen LogP contribution in [0.4, 0.5) is 4.39 Å². The van der Waals surface area contributed by atoms with Gasteiger partial charge in [-0.05, 0) is 19.1 Å². The van der Waals surface area contributed by atoms with E-state index in [9.17, 15) is 4.39 Å². The maximum Gasteiger partial charge on any atom is 0.178 e. The van der Waals surface area contributed by atoms with Crippen LogP contribution in [0.2, 0.25) is 5.15 Å². The summed E-state index contributed by atoms with van der Waals surface area (Å²) in [5, 5.41) is 4.50. The Kier molecular flexibility index (Phi) is 2.87. The smallest absolute Gasteiger partial charge is 0.178 e. The van der Waals surface area contributed by atoms with Gasteiger partial charge in [-0.15, -0.1) is 0 Å². The number of hydrogen-bond donors (Lipinski definition) is 0. The quantitative estimate of drug-likeness (QED) is 0.722. The molecule has 19 heavy (non-hydrogen) atoms. The molecule has 0 radical (unpaired) electrons. The zero-order valence-corrected chi connectivity index (χ0v) is 10.7. The molecule has 1 atom stereocenters. The average Bonchev–Trinajstić information content (AvgIpc) is 2.80. The molecule has 0 bridgehead atoms. The van der Waals surface area contributed by atoms with Crippen molar-refractivity contribution in [2.45, 2.75) is 13.0 Å². The zero-order chi connectivity index (χ0) is 13.4. The van der Waals surface area contributed by atoms with Crippen LogP contribution in [0.25, 0.3) is 11.2 Å². The van der Waals surface area contributed by atoms with Crippen LogP contribution in [0.15, 0.2) is 30.7 Å². The SMILES string of the molecule is C[C@@H](c1cc(F)ccn1)n1ncc2ncc(Cl)nc21. The molecule has 0 spiro atoms. The van der Waals surface area contributed by atoms with Crippen LogP contribution in [0.3, 0.4) is 0 Å². The summed E-state index contributed by atoms with van der Waals surface area (Å²) < 4.78 is 14.8. The van der Waals surface area contributed by atoms with Gasteiger partial charge in [0.1, 0.15) is 16.5 Å². The van der Waals surface area contributed by atoms with Gasteiger partial charge in [-0.1, -0.05) is 11.6 Å². The van der Waals surface area contributed by atoms with Crippen LogP contribution >= 0.6 is 11.6 Å². The van der Waals surface area contributed by atoms with E-state index in [0.717, 1.165) is 0 Å². The molecule has 0 aromatic carbocycles. The molecule has 3 heterocycles. The Morgan fingerprint density at radius 3 is 2.95 bits per heavy atom. The number of aromatic nitrogens is 5. The number of fused-ring (bicyclic) bond motifs is 1. The molecule has 0 amide bonds. The summed E-state index contributed by atoms with van der Waals surface area (Å²) in [4.78, 5) is 12.5. The second-order valence-corrected chi connectivity index (χ2v) is 4.45. The second-order valence-electron chi connectivity index (χ2n) is 4.07. The molecule has 0 fully saturated rings. The van der Waals surface area contributed by atoms with Crippen molar-refractivity contribution in [1.82, 2.24) is 24.7 Å². The topological polar surface area (TPSA) is 56.5 Å². The highest BCUT2D eigenvalue weighted by Gasteiger charge is 2.15. The summed E-state index contributed by atoms with van der Waals surface area (Å²) in [5.74, 6) is -0.336. The van der Waals surface area contributed by atoms with E-state index in [1.165, 1.54) is 24.5 Å². The van der Waals surface area contributed by atoms with Crippen molar-refractivity contribution in [2.24, 2.45) is 0 Å². The minimum absolute atomic E-state index is 0.263. The standard InChI is InChI=1S/C12H9ClFN5/c1-7(9-4-8(14)2-3-15-9)19-12-10(5-17-19)16-6-11(13)18-12/h2-7H,1H3/t7-/m0/s1. The predicted molar refractivity (Wildman–Crippen MR) is 68.3 cm³/mol. The monoisotopic (exact) mass is 277 g/mol. The Bertz CT molecular complexity index is 742. The summed E-state index contributed by atoms with van der Waals surface area (Å²) in [6, 6.07) is 2.41. The van der Waals surface area contributed by atoms with Gasteiger partial charge < -0.3 is 0 Å². The molecule has 0 aliphatic rings. The Morgan fingerprint density at radius 1 is 1.32 bits per heavy atom. The highest BCUT2D eigenvalue weighted by Crippen LogP contribution is 2.20. The molecule has 0 saturated heterocycles. The fourth-order valence-electron chi connectivity index (χ4n) is 1.86. The van der Waals surface area contributed by atoms with E-state index in [-0.39, 0.29) is 17.0 Å². The van der Waals surface area contributed by atoms with Crippen LogP contribution in [0, 0.1) is 5.82 Å². The molecule has 7 heteroatoms. The summed E-state index contributed by atoms with van der Waals surface area (Å²) in [6.45, 7) is 1.86. The molecule has 5 nitrogen and oxygen atoms in total. The van der Waals surface area contributed by atoms with Crippen molar-refractivity contribution < 1.29 is 4.39 Å². The number of pyridine rings is 1. The van der Waals surface area contributed by atoms with Gasteiger partial charge in [0.05, 0.1) is 24.1 Å². The van der Waals surface area contributed by atoms with Gasteiger partial charge >= 0.3 is 0 Å². The van der Waals surface area contributed by atoms with E-state index < -0.39 is 0 Å². The molecule has 96 valence electrons. The minimum Gasteiger partial charge on any atom is -0.259 e. The highest BCUT2D eigenvalue weighted by atomic mass is 35.5. The maximum atomic E-state index is 13.2. The van der Waals surface area contributed by atoms with Gasteiger partial charge in [0.15, 0.2) is 5.65 Å². The predicted octanol–water partition coefficient (Wildman–Crippen LogP) is 2.62. The van der Waals surface area contributed by atoms with Gasteiger partial charge in [0.25, 0.3) is 0 Å². The van der Waals surface area contributed by atoms with Crippen molar-refractivity contribution in [3.63, 3.8) is 0 Å². The van der Waals surface area contributed by atoms with Crippen LogP contribution in [-0.4, -0.2) is 24.7 Å². The summed E-state index contributed by atoms with van der Waals surface area (Å²) in [7, 11) is 0. The zero-order valence-electron chi connectivity index (χ0n) is 9.96. The fraction of sp³-hybridized carbons (Fsp3) is 0.167. The Hall–Kier alpha value is -2.08. The van der Waals surface area contributed by atoms with Gasteiger partial charge in [0, 0.05) is 6.20 Å². The first-order chi connectivity index (χ1) is 9.15. The first-order valence-electron chi connectivity index (χ1n) is 5.62. The lowest BCUT2D eigenvalue weighted by Crippen LogP contribution is -2.11. The number of halogens is 2. The maximum absolute atomic E-state index is 13.2. The normalized spacial score (nSPS) is 12.8. The van der Waals surface area contributed by atoms with E-state index in [1.54, 1.807) is 10.9 Å². The molecule has 0 N–H and O–H groups in total. The molecule has 3 rings (SSSR count). The largest absolute Gasteiger partial charge is 0.259 e. The van der Waals surface area contributed by atoms with E-state index in [2.05, 4.69) is 20.1 Å². The lowest BCUT2D eigenvalue weighted by atomic mass is 10.2. The van der Waals surface area contributed by atoms with E-state index in [1.807, 2.05) is 6.92 Å². The van der Waals surface area contributed by atoms with Crippen LogP contribution in [0.1, 0.15) is 18.7 Å². The first kappa shape index (κ1) is 12.0. The molecular weight excluding hydrogens is 269 g/mol. The van der Waals surface area contributed by atoms with Crippen molar-refractivity contribution >= 4 is 22.8 Å². The Labute approximate surface area is 113 Å². The van der Waals surface area contributed by atoms with Gasteiger partial charge in [0.2, 0.25) is 0 Å². The van der Waals surface area contributed by atoms with E-state index >= 15 is 0 Å². The Balaban J connectivity index is 2.11. The van der Waals surface area contributed by atoms with Gasteiger partial charge in [-0.2, -0.15) is 5.10 Å². The van der Waals surface area contributed by atoms with Crippen molar-refractivity contribution in [3.8, 4) is 0 Å². The minimum atomic E-state index is -0.336. The van der Waals surface area contributed by atoms with E-state index in [0.29, 0.717) is 16.9 Å². The first-order valence-corrected chi connectivity index (χ1v) is 6.00. The highest BCUT2D eigenvalue weighted by molar-refractivity contribution is 6.29. The Morgan fingerprint density at radius 2 is 2.16 bits per heavy atom. The number of hydrogen-bond acceptors (Lipinski definition) is 4. The van der Waals surface area contributed by atoms with Gasteiger partial charge in [-0.3, -0.25) is 4.98 Å². The summed E-state index contributed by atoms with van der Waals surface area (Å²) in [6.07, 6.45) is 4.47. The molecular formula is C12H9ClFN5. The van der Waals surface area contributed by atoms with Gasteiger partial charge in [-0.25, -0.2) is 19.0 Å². The lowest BCUT2D eigenvalue weighted by molar-refractivity contribution is 0.553. The summed E-state index contributed by atoms with van der Waals surface area (Å²) >= 11 is 5.83.